The first-order valence-corrected chi connectivity index (χ1v) is 8.49. The molecule has 0 aliphatic carbocycles. The maximum atomic E-state index is 12.4. The number of carbonyl (C=O) groups is 2. The minimum absolute atomic E-state index is 0.221. The molecule has 2 rings (SSSR count). The maximum Gasteiger partial charge on any atom is 0.265 e. The number of benzene rings is 2. The second-order valence-electron chi connectivity index (χ2n) is 5.51. The molecule has 25 heavy (non-hydrogen) atoms. The van der Waals surface area contributed by atoms with E-state index in [-0.39, 0.29) is 11.8 Å². The van der Waals surface area contributed by atoms with E-state index in [4.69, 9.17) is 16.3 Å². The number of hydrogen-bond donors (Lipinski definition) is 2. The molecular formula is C19H21ClN2O3. The Labute approximate surface area is 152 Å². The number of amides is 2. The molecule has 5 nitrogen and oxygen atoms in total. The highest BCUT2D eigenvalue weighted by molar-refractivity contribution is 6.30. The summed E-state index contributed by atoms with van der Waals surface area (Å²) in [5.41, 5.74) is 0.863. The molecular weight excluding hydrogens is 340 g/mol. The van der Waals surface area contributed by atoms with Gasteiger partial charge in [0.2, 0.25) is 0 Å². The van der Waals surface area contributed by atoms with E-state index in [2.05, 4.69) is 10.6 Å². The SMILES string of the molecule is CCCNC(=O)c1ccccc1NC(=O)[C@@H](C)Oc1cccc(Cl)c1. The van der Waals surface area contributed by atoms with E-state index in [0.29, 0.717) is 28.6 Å². The van der Waals surface area contributed by atoms with Gasteiger partial charge in [0.25, 0.3) is 11.8 Å². The average molecular weight is 361 g/mol. The molecule has 0 saturated heterocycles. The summed E-state index contributed by atoms with van der Waals surface area (Å²) in [6.07, 6.45) is 0.0929. The Morgan fingerprint density at radius 2 is 1.92 bits per heavy atom. The van der Waals surface area contributed by atoms with Gasteiger partial charge in [-0.25, -0.2) is 0 Å². The third kappa shape index (κ3) is 5.50. The van der Waals surface area contributed by atoms with Gasteiger partial charge in [-0.2, -0.15) is 0 Å². The van der Waals surface area contributed by atoms with Crippen LogP contribution in [-0.4, -0.2) is 24.5 Å². The highest BCUT2D eigenvalue weighted by Gasteiger charge is 2.18. The fourth-order valence-corrected chi connectivity index (χ4v) is 2.34. The van der Waals surface area contributed by atoms with Crippen molar-refractivity contribution in [2.24, 2.45) is 0 Å². The number of ether oxygens (including phenoxy) is 1. The molecule has 2 aromatic carbocycles. The Bertz CT molecular complexity index is 749. The van der Waals surface area contributed by atoms with Gasteiger partial charge in [-0.05, 0) is 43.7 Å². The molecule has 0 spiro atoms. The fourth-order valence-electron chi connectivity index (χ4n) is 2.16. The summed E-state index contributed by atoms with van der Waals surface area (Å²) >= 11 is 5.91. The van der Waals surface area contributed by atoms with Crippen LogP contribution in [0.15, 0.2) is 48.5 Å². The van der Waals surface area contributed by atoms with Gasteiger partial charge in [-0.15, -0.1) is 0 Å². The van der Waals surface area contributed by atoms with Gasteiger partial charge in [0.15, 0.2) is 6.10 Å². The lowest BCUT2D eigenvalue weighted by molar-refractivity contribution is -0.122. The van der Waals surface area contributed by atoms with Crippen molar-refractivity contribution in [1.29, 1.82) is 0 Å². The Kier molecular flexibility index (Phi) is 6.83. The van der Waals surface area contributed by atoms with Crippen LogP contribution in [0.1, 0.15) is 30.6 Å². The lowest BCUT2D eigenvalue weighted by Gasteiger charge is -2.16. The summed E-state index contributed by atoms with van der Waals surface area (Å²) in [4.78, 5) is 24.6. The number of para-hydroxylation sites is 1. The van der Waals surface area contributed by atoms with E-state index in [9.17, 15) is 9.59 Å². The van der Waals surface area contributed by atoms with Crippen LogP contribution in [0.3, 0.4) is 0 Å². The van der Waals surface area contributed by atoms with E-state index < -0.39 is 6.10 Å². The quantitative estimate of drug-likeness (QED) is 0.787. The maximum absolute atomic E-state index is 12.4. The first-order valence-electron chi connectivity index (χ1n) is 8.11. The fraction of sp³-hybridized carbons (Fsp3) is 0.263. The number of rotatable bonds is 7. The number of nitrogens with one attached hydrogen (secondary N) is 2. The molecule has 0 aliphatic heterocycles. The molecule has 2 amide bonds. The van der Waals surface area contributed by atoms with Gasteiger partial charge in [0, 0.05) is 11.6 Å². The van der Waals surface area contributed by atoms with Crippen molar-refractivity contribution in [3.05, 3.63) is 59.1 Å². The molecule has 6 heteroatoms. The lowest BCUT2D eigenvalue weighted by Crippen LogP contribution is -2.32. The first kappa shape index (κ1) is 18.8. The monoisotopic (exact) mass is 360 g/mol. The number of carbonyl (C=O) groups excluding carboxylic acids is 2. The van der Waals surface area contributed by atoms with E-state index in [1.54, 1.807) is 55.5 Å². The summed E-state index contributed by atoms with van der Waals surface area (Å²) in [5.74, 6) is -0.0685. The second kappa shape index (κ2) is 9.08. The summed E-state index contributed by atoms with van der Waals surface area (Å²) < 4.78 is 5.60. The summed E-state index contributed by atoms with van der Waals surface area (Å²) in [5, 5.41) is 6.08. The van der Waals surface area contributed by atoms with Crippen molar-refractivity contribution < 1.29 is 14.3 Å². The molecule has 132 valence electrons. The molecule has 0 aliphatic rings. The van der Waals surface area contributed by atoms with Crippen molar-refractivity contribution in [3.8, 4) is 5.75 Å². The third-order valence-corrected chi connectivity index (χ3v) is 3.68. The molecule has 2 N–H and O–H groups in total. The average Bonchev–Trinajstić information content (AvgIpc) is 2.60. The normalized spacial score (nSPS) is 11.5. The van der Waals surface area contributed by atoms with E-state index in [1.807, 2.05) is 6.92 Å². The molecule has 1 atom stereocenters. The van der Waals surface area contributed by atoms with Crippen LogP contribution in [-0.2, 0) is 4.79 Å². The smallest absolute Gasteiger partial charge is 0.265 e. The Balaban J connectivity index is 2.05. The second-order valence-corrected chi connectivity index (χ2v) is 5.94. The standard InChI is InChI=1S/C19H21ClN2O3/c1-3-11-21-19(24)16-9-4-5-10-17(16)22-18(23)13(2)25-15-8-6-7-14(20)12-15/h4-10,12-13H,3,11H2,1-2H3,(H,21,24)(H,22,23)/t13-/m1/s1. The van der Waals surface area contributed by atoms with Gasteiger partial charge >= 0.3 is 0 Å². The van der Waals surface area contributed by atoms with Crippen molar-refractivity contribution >= 4 is 29.1 Å². The predicted molar refractivity (Wildman–Crippen MR) is 99.2 cm³/mol. The van der Waals surface area contributed by atoms with Crippen LogP contribution in [0.25, 0.3) is 0 Å². The molecule has 0 radical (unpaired) electrons. The van der Waals surface area contributed by atoms with Crippen molar-refractivity contribution in [2.75, 3.05) is 11.9 Å². The number of halogens is 1. The third-order valence-electron chi connectivity index (χ3n) is 3.44. The van der Waals surface area contributed by atoms with Crippen molar-refractivity contribution in [2.45, 2.75) is 26.4 Å². The van der Waals surface area contributed by atoms with Crippen LogP contribution in [0.2, 0.25) is 5.02 Å². The minimum Gasteiger partial charge on any atom is -0.481 e. The molecule has 0 saturated carbocycles. The van der Waals surface area contributed by atoms with Crippen LogP contribution in [0, 0.1) is 0 Å². The van der Waals surface area contributed by atoms with Crippen LogP contribution in [0.4, 0.5) is 5.69 Å². The molecule has 2 aromatic rings. The molecule has 0 heterocycles. The van der Waals surface area contributed by atoms with Crippen molar-refractivity contribution in [3.63, 3.8) is 0 Å². The topological polar surface area (TPSA) is 67.4 Å². The predicted octanol–water partition coefficient (Wildman–Crippen LogP) is 3.89. The van der Waals surface area contributed by atoms with Crippen molar-refractivity contribution in [1.82, 2.24) is 5.32 Å². The van der Waals surface area contributed by atoms with E-state index >= 15 is 0 Å². The lowest BCUT2D eigenvalue weighted by atomic mass is 10.1. The zero-order valence-electron chi connectivity index (χ0n) is 14.2. The highest BCUT2D eigenvalue weighted by Crippen LogP contribution is 2.20. The van der Waals surface area contributed by atoms with Gasteiger partial charge in [-0.1, -0.05) is 36.7 Å². The van der Waals surface area contributed by atoms with Crippen LogP contribution in [0.5, 0.6) is 5.75 Å². The minimum atomic E-state index is -0.745. The van der Waals surface area contributed by atoms with Gasteiger partial charge < -0.3 is 15.4 Å². The summed E-state index contributed by atoms with van der Waals surface area (Å²) in [7, 11) is 0. The van der Waals surface area contributed by atoms with Gasteiger partial charge in [0.1, 0.15) is 5.75 Å². The Morgan fingerprint density at radius 3 is 2.64 bits per heavy atom. The van der Waals surface area contributed by atoms with Gasteiger partial charge in [0.05, 0.1) is 11.3 Å². The Morgan fingerprint density at radius 1 is 1.16 bits per heavy atom. The zero-order chi connectivity index (χ0) is 18.2. The first-order chi connectivity index (χ1) is 12.0. The number of anilines is 1. The van der Waals surface area contributed by atoms with E-state index in [1.165, 1.54) is 0 Å². The molecule has 0 aromatic heterocycles. The highest BCUT2D eigenvalue weighted by atomic mass is 35.5. The summed E-state index contributed by atoms with van der Waals surface area (Å²) in [6.45, 7) is 4.19. The summed E-state index contributed by atoms with van der Waals surface area (Å²) in [6, 6.07) is 13.7. The largest absolute Gasteiger partial charge is 0.481 e. The van der Waals surface area contributed by atoms with Crippen LogP contribution >= 0.6 is 11.6 Å². The number of hydrogen-bond acceptors (Lipinski definition) is 3. The van der Waals surface area contributed by atoms with Gasteiger partial charge in [-0.3, -0.25) is 9.59 Å². The zero-order valence-corrected chi connectivity index (χ0v) is 15.0. The van der Waals surface area contributed by atoms with E-state index in [0.717, 1.165) is 6.42 Å². The van der Waals surface area contributed by atoms with Crippen LogP contribution < -0.4 is 15.4 Å². The molecule has 0 bridgehead atoms. The molecule has 0 fully saturated rings. The Hall–Kier alpha value is -2.53. The molecule has 0 unspecified atom stereocenters.